The molecule has 0 bridgehead atoms. The van der Waals surface area contributed by atoms with Crippen LogP contribution in [0.2, 0.25) is 0 Å². The molecule has 5 rings (SSSR count). The summed E-state index contributed by atoms with van der Waals surface area (Å²) in [5.74, 6) is -0.162. The lowest BCUT2D eigenvalue weighted by atomic mass is 9.89. The van der Waals surface area contributed by atoms with Crippen LogP contribution in [0.25, 0.3) is 0 Å². The van der Waals surface area contributed by atoms with Crippen LogP contribution in [-0.2, 0) is 19.4 Å². The predicted octanol–water partition coefficient (Wildman–Crippen LogP) is 7.81. The van der Waals surface area contributed by atoms with Crippen LogP contribution in [0.1, 0.15) is 70.0 Å². The fourth-order valence-electron chi connectivity index (χ4n) is 5.68. The van der Waals surface area contributed by atoms with E-state index in [1.54, 1.807) is 18.2 Å². The molecule has 1 saturated heterocycles. The number of halogens is 1. The Bertz CT molecular complexity index is 1500. The molecule has 1 fully saturated rings. The molecular weight excluding hydrogens is 537 g/mol. The van der Waals surface area contributed by atoms with Gasteiger partial charge in [-0.15, -0.1) is 0 Å². The topological polar surface area (TPSA) is 61.4 Å². The first kappa shape index (κ1) is 30.0. The van der Waals surface area contributed by atoms with Crippen LogP contribution in [0, 0.1) is 11.7 Å². The van der Waals surface area contributed by atoms with Crippen molar-refractivity contribution in [1.82, 2.24) is 5.32 Å². The third-order valence-electron chi connectivity index (χ3n) is 8.22. The molecule has 1 heterocycles. The molecular formula is C37H40FN3O2. The highest BCUT2D eigenvalue weighted by molar-refractivity contribution is 6.06. The van der Waals surface area contributed by atoms with Crippen LogP contribution in [0.4, 0.5) is 15.8 Å². The van der Waals surface area contributed by atoms with Gasteiger partial charge in [0, 0.05) is 36.6 Å². The van der Waals surface area contributed by atoms with Gasteiger partial charge in [0.15, 0.2) is 0 Å². The van der Waals surface area contributed by atoms with Gasteiger partial charge in [-0.2, -0.15) is 0 Å². The molecule has 4 aromatic rings. The fraction of sp³-hybridized carbons (Fsp3) is 0.297. The summed E-state index contributed by atoms with van der Waals surface area (Å²) in [6, 6.07) is 30.0. The molecule has 0 radical (unpaired) electrons. The van der Waals surface area contributed by atoms with E-state index in [0.717, 1.165) is 62.9 Å². The van der Waals surface area contributed by atoms with Gasteiger partial charge < -0.3 is 15.5 Å². The molecule has 1 aliphatic rings. The van der Waals surface area contributed by atoms with Crippen molar-refractivity contribution >= 4 is 23.2 Å². The minimum atomic E-state index is -0.313. The summed E-state index contributed by atoms with van der Waals surface area (Å²) >= 11 is 0. The number of aryl methyl sites for hydroxylation is 1. The highest BCUT2D eigenvalue weighted by Crippen LogP contribution is 2.30. The van der Waals surface area contributed by atoms with Gasteiger partial charge in [-0.25, -0.2) is 4.39 Å². The number of benzene rings is 4. The first-order chi connectivity index (χ1) is 21.0. The highest BCUT2D eigenvalue weighted by atomic mass is 19.1. The SMILES string of the molecule is CCCCc1ccc(C(=O)Nc2ccc(N3CCC(Cc4ccccc4)CC3)c(C(=O)NCc3ccc(F)cc3)c2)cc1. The summed E-state index contributed by atoms with van der Waals surface area (Å²) in [6.07, 6.45) is 6.39. The Labute approximate surface area is 254 Å². The monoisotopic (exact) mass is 577 g/mol. The Morgan fingerprint density at radius 2 is 1.51 bits per heavy atom. The number of nitrogens with one attached hydrogen (secondary N) is 2. The molecule has 4 aromatic carbocycles. The lowest BCUT2D eigenvalue weighted by Crippen LogP contribution is -2.36. The summed E-state index contributed by atoms with van der Waals surface area (Å²) in [7, 11) is 0. The average molecular weight is 578 g/mol. The number of carbonyl (C=O) groups is 2. The van der Waals surface area contributed by atoms with Crippen molar-refractivity contribution in [3.8, 4) is 0 Å². The van der Waals surface area contributed by atoms with Crippen molar-refractivity contribution in [2.24, 2.45) is 5.92 Å². The zero-order valence-corrected chi connectivity index (χ0v) is 24.8. The number of nitrogens with zero attached hydrogens (tertiary/aromatic N) is 1. The summed E-state index contributed by atoms with van der Waals surface area (Å²) in [6.45, 7) is 4.15. The van der Waals surface area contributed by atoms with E-state index in [4.69, 9.17) is 0 Å². The summed E-state index contributed by atoms with van der Waals surface area (Å²) in [5, 5.41) is 5.97. The quantitative estimate of drug-likeness (QED) is 0.191. The number of unbranched alkanes of at least 4 members (excludes halogenated alkanes) is 1. The molecule has 2 N–H and O–H groups in total. The van der Waals surface area contributed by atoms with Gasteiger partial charge in [-0.3, -0.25) is 9.59 Å². The molecule has 0 saturated carbocycles. The smallest absolute Gasteiger partial charge is 0.255 e. The molecule has 222 valence electrons. The molecule has 2 amide bonds. The molecule has 6 heteroatoms. The standard InChI is InChI=1S/C37H40FN3O2/c1-2-3-7-27-10-14-31(15-11-27)36(42)40-33-18-19-35(34(25-33)37(43)39-26-30-12-16-32(38)17-13-30)41-22-20-29(21-23-41)24-28-8-5-4-6-9-28/h4-6,8-19,25,29H,2-3,7,20-24,26H2,1H3,(H,39,43)(H,40,42). The average Bonchev–Trinajstić information content (AvgIpc) is 3.04. The van der Waals surface area contributed by atoms with Crippen molar-refractivity contribution in [3.63, 3.8) is 0 Å². The highest BCUT2D eigenvalue weighted by Gasteiger charge is 2.24. The number of rotatable bonds is 11. The number of piperidine rings is 1. The van der Waals surface area contributed by atoms with Gasteiger partial charge in [-0.1, -0.05) is 67.9 Å². The van der Waals surface area contributed by atoms with Crippen LogP contribution in [0.5, 0.6) is 0 Å². The molecule has 5 nitrogen and oxygen atoms in total. The van der Waals surface area contributed by atoms with Crippen molar-refractivity contribution in [1.29, 1.82) is 0 Å². The van der Waals surface area contributed by atoms with Crippen molar-refractivity contribution in [3.05, 3.63) is 131 Å². The Morgan fingerprint density at radius 1 is 0.814 bits per heavy atom. The summed E-state index contributed by atoms with van der Waals surface area (Å²) in [4.78, 5) is 28.9. The van der Waals surface area contributed by atoms with E-state index in [1.807, 2.05) is 42.5 Å². The Morgan fingerprint density at radius 3 is 2.21 bits per heavy atom. The van der Waals surface area contributed by atoms with Crippen LogP contribution >= 0.6 is 0 Å². The van der Waals surface area contributed by atoms with Crippen LogP contribution in [-0.4, -0.2) is 24.9 Å². The molecule has 43 heavy (non-hydrogen) atoms. The summed E-state index contributed by atoms with van der Waals surface area (Å²) in [5.41, 5.74) is 5.89. The van der Waals surface area contributed by atoms with E-state index in [2.05, 4.69) is 46.7 Å². The lowest BCUT2D eigenvalue weighted by molar-refractivity contribution is 0.0950. The zero-order valence-electron chi connectivity index (χ0n) is 24.8. The van der Waals surface area contributed by atoms with Gasteiger partial charge in [0.05, 0.1) is 5.56 Å². The lowest BCUT2D eigenvalue weighted by Gasteiger charge is -2.35. The van der Waals surface area contributed by atoms with E-state index >= 15 is 0 Å². The van der Waals surface area contributed by atoms with Crippen molar-refractivity contribution < 1.29 is 14.0 Å². The second kappa shape index (κ2) is 14.6. The number of anilines is 2. The van der Waals surface area contributed by atoms with Gasteiger partial charge in [0.1, 0.15) is 5.82 Å². The molecule has 0 atom stereocenters. The second-order valence-electron chi connectivity index (χ2n) is 11.4. The van der Waals surface area contributed by atoms with Crippen molar-refractivity contribution in [2.75, 3.05) is 23.3 Å². The normalized spacial score (nSPS) is 13.5. The molecule has 0 aliphatic carbocycles. The third kappa shape index (κ3) is 8.31. The van der Waals surface area contributed by atoms with Gasteiger partial charge in [0.25, 0.3) is 11.8 Å². The maximum Gasteiger partial charge on any atom is 0.255 e. The van der Waals surface area contributed by atoms with Gasteiger partial charge in [0.2, 0.25) is 0 Å². The number of carbonyl (C=O) groups excluding carboxylic acids is 2. The zero-order chi connectivity index (χ0) is 30.0. The van der Waals surface area contributed by atoms with Gasteiger partial charge >= 0.3 is 0 Å². The number of hydrogen-bond donors (Lipinski definition) is 2. The largest absolute Gasteiger partial charge is 0.371 e. The van der Waals surface area contributed by atoms with Crippen molar-refractivity contribution in [2.45, 2.75) is 52.0 Å². The molecule has 0 aromatic heterocycles. The fourth-order valence-corrected chi connectivity index (χ4v) is 5.68. The third-order valence-corrected chi connectivity index (χ3v) is 8.22. The maximum atomic E-state index is 13.6. The Balaban J connectivity index is 1.31. The van der Waals surface area contributed by atoms with Gasteiger partial charge in [-0.05, 0) is 97.2 Å². The molecule has 0 unspecified atom stereocenters. The summed E-state index contributed by atoms with van der Waals surface area (Å²) < 4.78 is 13.4. The second-order valence-corrected chi connectivity index (χ2v) is 11.4. The molecule has 1 aliphatic heterocycles. The van der Waals surface area contributed by atoms with Crippen LogP contribution in [0.3, 0.4) is 0 Å². The maximum absolute atomic E-state index is 13.6. The van der Waals surface area contributed by atoms with Crippen LogP contribution < -0.4 is 15.5 Å². The number of hydrogen-bond acceptors (Lipinski definition) is 3. The van der Waals surface area contributed by atoms with E-state index in [0.29, 0.717) is 22.7 Å². The Kier molecular flexibility index (Phi) is 10.2. The first-order valence-corrected chi connectivity index (χ1v) is 15.3. The minimum Gasteiger partial charge on any atom is -0.371 e. The van der Waals surface area contributed by atoms with Crippen LogP contribution in [0.15, 0.2) is 97.1 Å². The first-order valence-electron chi connectivity index (χ1n) is 15.3. The van der Waals surface area contributed by atoms with E-state index in [9.17, 15) is 14.0 Å². The molecule has 0 spiro atoms. The Hall–Kier alpha value is -4.45. The minimum absolute atomic E-state index is 0.214. The number of amides is 2. The van der Waals surface area contributed by atoms with E-state index in [1.165, 1.54) is 23.3 Å². The predicted molar refractivity (Wildman–Crippen MR) is 172 cm³/mol. The van der Waals surface area contributed by atoms with E-state index < -0.39 is 0 Å². The van der Waals surface area contributed by atoms with E-state index in [-0.39, 0.29) is 24.2 Å².